The molecule has 44 heavy (non-hydrogen) atoms. The fourth-order valence-corrected chi connectivity index (χ4v) is 11.8. The second kappa shape index (κ2) is 14.3. The average molecular weight is 633 g/mol. The van der Waals surface area contributed by atoms with Crippen molar-refractivity contribution >= 4 is 37.1 Å². The molecule has 0 radical (unpaired) electrons. The Morgan fingerprint density at radius 2 is 0.773 bits per heavy atom. The summed E-state index contributed by atoms with van der Waals surface area (Å²) < 4.78 is 36.8. The van der Waals surface area contributed by atoms with Gasteiger partial charge in [0.15, 0.2) is 5.79 Å². The Kier molecular flexibility index (Phi) is 10.5. The molecule has 1 aliphatic heterocycles. The summed E-state index contributed by atoms with van der Waals surface area (Å²) in [5.41, 5.74) is -0.351. The maximum absolute atomic E-state index is 6.53. The lowest BCUT2D eigenvalue weighted by molar-refractivity contribution is -0.277. The summed E-state index contributed by atoms with van der Waals surface area (Å²) in [5, 5.41) is 4.66. The Balaban J connectivity index is 1.68. The van der Waals surface area contributed by atoms with Crippen LogP contribution in [0.25, 0.3) is 0 Å². The van der Waals surface area contributed by atoms with Crippen LogP contribution >= 0.6 is 15.8 Å². The van der Waals surface area contributed by atoms with E-state index < -0.39 is 21.6 Å². The van der Waals surface area contributed by atoms with Crippen molar-refractivity contribution in [1.82, 2.24) is 0 Å². The van der Waals surface area contributed by atoms with Gasteiger partial charge >= 0.3 is 0 Å². The molecular formula is C36H42O6P2. The van der Waals surface area contributed by atoms with E-state index in [9.17, 15) is 0 Å². The molecule has 0 aromatic heterocycles. The highest BCUT2D eigenvalue weighted by Gasteiger charge is 2.45. The van der Waals surface area contributed by atoms with E-state index in [4.69, 9.17) is 28.4 Å². The Hall–Kier alpha value is -3.14. The van der Waals surface area contributed by atoms with Gasteiger partial charge in [-0.25, -0.2) is 0 Å². The van der Waals surface area contributed by atoms with Gasteiger partial charge in [0.25, 0.3) is 0 Å². The molecule has 5 rings (SSSR count). The second-order valence-corrected chi connectivity index (χ2v) is 15.6. The molecule has 6 nitrogen and oxygen atoms in total. The zero-order valence-electron chi connectivity index (χ0n) is 26.4. The summed E-state index contributed by atoms with van der Waals surface area (Å²) in [4.78, 5) is 0. The lowest BCUT2D eigenvalue weighted by Gasteiger charge is -2.46. The lowest BCUT2D eigenvalue weighted by atomic mass is 9.94. The van der Waals surface area contributed by atoms with Crippen LogP contribution in [-0.4, -0.2) is 59.8 Å². The first-order chi connectivity index (χ1) is 21.3. The third-order valence-corrected chi connectivity index (χ3v) is 13.7. The number of methoxy groups -OCH3 is 4. The van der Waals surface area contributed by atoms with Crippen LogP contribution in [0.5, 0.6) is 23.0 Å². The quantitative estimate of drug-likeness (QED) is 0.177. The van der Waals surface area contributed by atoms with Crippen molar-refractivity contribution in [2.24, 2.45) is 5.41 Å². The van der Waals surface area contributed by atoms with Gasteiger partial charge in [-0.3, -0.25) is 0 Å². The Morgan fingerprint density at radius 1 is 0.500 bits per heavy atom. The molecule has 0 spiro atoms. The standard InChI is InChI=1S/C36H42O6P2/c1-35(2)41-23-36(24-42-35,25-43(31-19-11-7-15-27(31)37-3)32-20-12-8-16-28(32)38-4)26-44(33-21-13-9-17-29(33)39-5)34-22-14-10-18-30(34)40-6/h7-22H,23-26H2,1-6H3. The Labute approximate surface area is 264 Å². The van der Waals surface area contributed by atoms with E-state index >= 15 is 0 Å². The van der Waals surface area contributed by atoms with Crippen LogP contribution in [0, 0.1) is 5.41 Å². The summed E-state index contributed by atoms with van der Waals surface area (Å²) in [6, 6.07) is 33.3. The predicted octanol–water partition coefficient (Wildman–Crippen LogP) is 6.06. The summed E-state index contributed by atoms with van der Waals surface area (Å²) in [7, 11) is 5.03. The van der Waals surface area contributed by atoms with Crippen molar-refractivity contribution in [3.63, 3.8) is 0 Å². The molecule has 4 aromatic rings. The molecule has 1 heterocycles. The maximum Gasteiger partial charge on any atom is 0.162 e. The van der Waals surface area contributed by atoms with Crippen molar-refractivity contribution in [2.45, 2.75) is 19.6 Å². The number of rotatable bonds is 12. The zero-order valence-corrected chi connectivity index (χ0v) is 28.2. The molecule has 0 aliphatic carbocycles. The van der Waals surface area contributed by atoms with Gasteiger partial charge in [0.1, 0.15) is 23.0 Å². The van der Waals surface area contributed by atoms with E-state index in [1.807, 2.05) is 62.4 Å². The molecule has 232 valence electrons. The van der Waals surface area contributed by atoms with Crippen LogP contribution in [0.2, 0.25) is 0 Å². The molecule has 1 fully saturated rings. The number of hydrogen-bond donors (Lipinski definition) is 0. The molecule has 0 saturated carbocycles. The minimum atomic E-state index is -0.959. The van der Waals surface area contributed by atoms with E-state index in [1.165, 1.54) is 0 Å². The Bertz CT molecular complexity index is 1330. The largest absolute Gasteiger partial charge is 0.496 e. The van der Waals surface area contributed by atoms with E-state index in [0.29, 0.717) is 13.2 Å². The molecule has 0 N–H and O–H groups in total. The van der Waals surface area contributed by atoms with Gasteiger partial charge in [-0.1, -0.05) is 72.8 Å². The van der Waals surface area contributed by atoms with E-state index in [0.717, 1.165) is 56.5 Å². The molecule has 0 bridgehead atoms. The fraction of sp³-hybridized carbons (Fsp3) is 0.333. The third kappa shape index (κ3) is 7.05. The van der Waals surface area contributed by atoms with Gasteiger partial charge in [-0.15, -0.1) is 0 Å². The average Bonchev–Trinajstić information content (AvgIpc) is 3.07. The Morgan fingerprint density at radius 3 is 1.05 bits per heavy atom. The van der Waals surface area contributed by atoms with Crippen LogP contribution in [0.4, 0.5) is 0 Å². The highest BCUT2D eigenvalue weighted by molar-refractivity contribution is 7.74. The van der Waals surface area contributed by atoms with Gasteiger partial charge in [-0.05, 0) is 66.3 Å². The minimum absolute atomic E-state index is 0.351. The van der Waals surface area contributed by atoms with Gasteiger partial charge < -0.3 is 28.4 Å². The number of ether oxygens (including phenoxy) is 6. The first-order valence-electron chi connectivity index (χ1n) is 14.7. The van der Waals surface area contributed by atoms with Crippen molar-refractivity contribution in [1.29, 1.82) is 0 Å². The van der Waals surface area contributed by atoms with Crippen molar-refractivity contribution < 1.29 is 28.4 Å². The first-order valence-corrected chi connectivity index (χ1v) is 17.7. The SMILES string of the molecule is COc1ccccc1P(CC1(CP(c2ccccc2OC)c2ccccc2OC)COC(C)(C)OC1)c1ccccc1OC. The van der Waals surface area contributed by atoms with Crippen LogP contribution in [-0.2, 0) is 9.47 Å². The molecule has 0 atom stereocenters. The van der Waals surface area contributed by atoms with E-state index in [2.05, 4.69) is 48.5 Å². The third-order valence-electron chi connectivity index (χ3n) is 7.94. The van der Waals surface area contributed by atoms with Gasteiger partial charge in [0.2, 0.25) is 0 Å². The topological polar surface area (TPSA) is 55.4 Å². The smallest absolute Gasteiger partial charge is 0.162 e. The van der Waals surface area contributed by atoms with Crippen molar-refractivity contribution in [2.75, 3.05) is 54.0 Å². The summed E-state index contributed by atoms with van der Waals surface area (Å²) >= 11 is 0. The molecule has 0 unspecified atom stereocenters. The summed E-state index contributed by atoms with van der Waals surface area (Å²) in [6.07, 6.45) is 1.62. The van der Waals surface area contributed by atoms with Crippen molar-refractivity contribution in [3.05, 3.63) is 97.1 Å². The molecule has 4 aromatic carbocycles. The fourth-order valence-electron chi connectivity index (χ4n) is 5.65. The highest BCUT2D eigenvalue weighted by atomic mass is 31.1. The minimum Gasteiger partial charge on any atom is -0.496 e. The second-order valence-electron chi connectivity index (χ2n) is 11.3. The van der Waals surface area contributed by atoms with Crippen LogP contribution in [0.1, 0.15) is 13.8 Å². The molecule has 1 saturated heterocycles. The monoisotopic (exact) mass is 632 g/mol. The molecule has 8 heteroatoms. The molecule has 0 amide bonds. The number of benzene rings is 4. The number of para-hydroxylation sites is 4. The maximum atomic E-state index is 6.53. The highest BCUT2D eigenvalue weighted by Crippen LogP contribution is 2.53. The number of hydrogen-bond acceptors (Lipinski definition) is 6. The zero-order chi connectivity index (χ0) is 31.2. The first kappa shape index (κ1) is 32.3. The van der Waals surface area contributed by atoms with Gasteiger partial charge in [0, 0.05) is 26.6 Å². The van der Waals surface area contributed by atoms with E-state index in [-0.39, 0.29) is 5.41 Å². The molecular weight excluding hydrogens is 590 g/mol. The lowest BCUT2D eigenvalue weighted by Crippen LogP contribution is -2.51. The predicted molar refractivity (Wildman–Crippen MR) is 183 cm³/mol. The van der Waals surface area contributed by atoms with Crippen LogP contribution < -0.4 is 40.2 Å². The normalized spacial score (nSPS) is 15.6. The van der Waals surface area contributed by atoms with Crippen molar-refractivity contribution in [3.8, 4) is 23.0 Å². The van der Waals surface area contributed by atoms with Gasteiger partial charge in [0.05, 0.1) is 41.7 Å². The van der Waals surface area contributed by atoms with E-state index in [1.54, 1.807) is 28.4 Å². The van der Waals surface area contributed by atoms with Crippen LogP contribution in [0.3, 0.4) is 0 Å². The van der Waals surface area contributed by atoms with Crippen LogP contribution in [0.15, 0.2) is 97.1 Å². The van der Waals surface area contributed by atoms with Gasteiger partial charge in [-0.2, -0.15) is 0 Å². The summed E-state index contributed by atoms with van der Waals surface area (Å²) in [5.74, 6) is 2.81. The molecule has 1 aliphatic rings. The summed E-state index contributed by atoms with van der Waals surface area (Å²) in [6.45, 7) is 5.07.